The van der Waals surface area contributed by atoms with Crippen molar-refractivity contribution in [1.29, 1.82) is 0 Å². The molecule has 1 aliphatic heterocycles. The minimum absolute atomic E-state index is 0.0510. The van der Waals surface area contributed by atoms with Crippen molar-refractivity contribution in [1.82, 2.24) is 9.62 Å². The van der Waals surface area contributed by atoms with Gasteiger partial charge < -0.3 is 4.90 Å². The van der Waals surface area contributed by atoms with Crippen LogP contribution in [-0.4, -0.2) is 37.2 Å². The van der Waals surface area contributed by atoms with E-state index in [-0.39, 0.29) is 25.3 Å². The zero-order valence-electron chi connectivity index (χ0n) is 16.6. The molecule has 2 aromatic rings. The molecule has 1 N–H and O–H groups in total. The Kier molecular flexibility index (Phi) is 6.13. The second-order valence-electron chi connectivity index (χ2n) is 7.58. The molecule has 0 saturated carbocycles. The van der Waals surface area contributed by atoms with Gasteiger partial charge in [0.25, 0.3) is 5.91 Å². The maximum absolute atomic E-state index is 13.1. The first-order valence-electron chi connectivity index (χ1n) is 9.47. The zero-order valence-corrected chi connectivity index (χ0v) is 17.5. The highest BCUT2D eigenvalue weighted by atomic mass is 32.2. The van der Waals surface area contributed by atoms with Gasteiger partial charge in [-0.3, -0.25) is 14.3 Å². The fraction of sp³-hybridized carbons (Fsp3) is 0.333. The summed E-state index contributed by atoms with van der Waals surface area (Å²) in [6.07, 6.45) is -4.43. The maximum Gasteiger partial charge on any atom is 0.416 e. The first-order chi connectivity index (χ1) is 14.4. The van der Waals surface area contributed by atoms with Gasteiger partial charge in [0.2, 0.25) is 15.9 Å². The summed E-state index contributed by atoms with van der Waals surface area (Å²) in [6.45, 7) is 1.72. The molecule has 0 spiro atoms. The summed E-state index contributed by atoms with van der Waals surface area (Å²) < 4.78 is 66.1. The minimum atomic E-state index is -4.73. The molecule has 6 nitrogen and oxygen atoms in total. The number of amides is 2. The number of rotatable bonds is 6. The number of sulfonamides is 1. The van der Waals surface area contributed by atoms with Crippen molar-refractivity contribution in [3.05, 3.63) is 71.3 Å². The Morgan fingerprint density at radius 3 is 2.26 bits per heavy atom. The third-order valence-electron chi connectivity index (χ3n) is 5.32. The minimum Gasteiger partial charge on any atom is -0.328 e. The standard InChI is InChI=1S/C21H21F3N2O4S/c1-20(11-12-26(20)18(27)13-15-7-3-2-4-8-15)19(28)25-31(29,30)14-16-9-5-6-10-17(16)21(22,23)24/h2-10H,11-14H2,1H3,(H,25,28). The molecule has 1 aliphatic rings. The van der Waals surface area contributed by atoms with Gasteiger partial charge >= 0.3 is 6.18 Å². The predicted octanol–water partition coefficient (Wildman–Crippen LogP) is 2.89. The zero-order chi connectivity index (χ0) is 22.9. The molecule has 0 bridgehead atoms. The van der Waals surface area contributed by atoms with Crippen molar-refractivity contribution in [3.63, 3.8) is 0 Å². The van der Waals surface area contributed by atoms with Crippen LogP contribution in [0, 0.1) is 0 Å². The number of hydrogen-bond donors (Lipinski definition) is 1. The number of benzene rings is 2. The van der Waals surface area contributed by atoms with E-state index in [1.54, 1.807) is 30.3 Å². The Hall–Kier alpha value is -2.88. The summed E-state index contributed by atoms with van der Waals surface area (Å²) >= 11 is 0. The number of hydrogen-bond acceptors (Lipinski definition) is 4. The number of nitrogens with zero attached hydrogens (tertiary/aromatic N) is 1. The predicted molar refractivity (Wildman–Crippen MR) is 107 cm³/mol. The fourth-order valence-electron chi connectivity index (χ4n) is 3.48. The second kappa shape index (κ2) is 8.33. The normalized spacial score (nSPS) is 18.9. The SMILES string of the molecule is CC1(C(=O)NS(=O)(=O)Cc2ccccc2C(F)(F)F)CCN1C(=O)Cc1ccccc1. The molecule has 166 valence electrons. The second-order valence-corrected chi connectivity index (χ2v) is 9.30. The lowest BCUT2D eigenvalue weighted by atomic mass is 9.85. The number of nitrogens with one attached hydrogen (secondary N) is 1. The smallest absolute Gasteiger partial charge is 0.328 e. The molecule has 1 atom stereocenters. The Morgan fingerprint density at radius 1 is 1.06 bits per heavy atom. The van der Waals surface area contributed by atoms with E-state index in [9.17, 15) is 31.2 Å². The molecular formula is C21H21F3N2O4S. The number of alkyl halides is 3. The highest BCUT2D eigenvalue weighted by Gasteiger charge is 2.50. The summed E-state index contributed by atoms with van der Waals surface area (Å²) in [4.78, 5) is 26.6. The van der Waals surface area contributed by atoms with Gasteiger partial charge in [0.15, 0.2) is 0 Å². The van der Waals surface area contributed by atoms with Gasteiger partial charge in [-0.1, -0.05) is 48.5 Å². The van der Waals surface area contributed by atoms with Gasteiger partial charge in [-0.25, -0.2) is 8.42 Å². The van der Waals surface area contributed by atoms with E-state index in [4.69, 9.17) is 0 Å². The van der Waals surface area contributed by atoms with Crippen molar-refractivity contribution in [3.8, 4) is 0 Å². The van der Waals surface area contributed by atoms with Gasteiger partial charge in [0.05, 0.1) is 17.7 Å². The molecule has 1 fully saturated rings. The van der Waals surface area contributed by atoms with E-state index >= 15 is 0 Å². The van der Waals surface area contributed by atoms with E-state index in [1.165, 1.54) is 17.9 Å². The van der Waals surface area contributed by atoms with Crippen LogP contribution in [-0.2, 0) is 38.0 Å². The van der Waals surface area contributed by atoms with E-state index in [1.807, 2.05) is 4.72 Å². The molecule has 1 heterocycles. The first-order valence-corrected chi connectivity index (χ1v) is 11.1. The molecule has 1 saturated heterocycles. The highest BCUT2D eigenvalue weighted by Crippen LogP contribution is 2.34. The van der Waals surface area contributed by atoms with Crippen LogP contribution < -0.4 is 4.72 Å². The summed E-state index contributed by atoms with van der Waals surface area (Å²) in [5, 5.41) is 0. The van der Waals surface area contributed by atoms with Crippen LogP contribution in [0.5, 0.6) is 0 Å². The summed E-state index contributed by atoms with van der Waals surface area (Å²) in [6, 6.07) is 13.2. The lowest BCUT2D eigenvalue weighted by Gasteiger charge is -2.49. The van der Waals surface area contributed by atoms with Crippen molar-refractivity contribution in [2.75, 3.05) is 6.54 Å². The molecule has 3 rings (SSSR count). The number of carbonyl (C=O) groups is 2. The Labute approximate surface area is 178 Å². The van der Waals surface area contributed by atoms with Crippen molar-refractivity contribution in [2.24, 2.45) is 0 Å². The van der Waals surface area contributed by atoms with Crippen LogP contribution in [0.3, 0.4) is 0 Å². The van der Waals surface area contributed by atoms with Crippen LogP contribution in [0.2, 0.25) is 0 Å². The van der Waals surface area contributed by atoms with Gasteiger partial charge in [-0.2, -0.15) is 13.2 Å². The van der Waals surface area contributed by atoms with Crippen LogP contribution in [0.1, 0.15) is 30.0 Å². The largest absolute Gasteiger partial charge is 0.416 e. The summed E-state index contributed by atoms with van der Waals surface area (Å²) in [5.41, 5.74) is -2.19. The molecule has 1 unspecified atom stereocenters. The van der Waals surface area contributed by atoms with E-state index < -0.39 is 44.5 Å². The molecule has 2 aromatic carbocycles. The molecule has 0 radical (unpaired) electrons. The van der Waals surface area contributed by atoms with Crippen molar-refractivity contribution < 1.29 is 31.2 Å². The Morgan fingerprint density at radius 2 is 1.68 bits per heavy atom. The number of likely N-dealkylation sites (tertiary alicyclic amines) is 1. The van der Waals surface area contributed by atoms with Gasteiger partial charge in [0, 0.05) is 6.54 Å². The third-order valence-corrected chi connectivity index (χ3v) is 6.51. The van der Waals surface area contributed by atoms with Crippen LogP contribution in [0.25, 0.3) is 0 Å². The topological polar surface area (TPSA) is 83.6 Å². The fourth-order valence-corrected chi connectivity index (χ4v) is 4.71. The number of carbonyl (C=O) groups excluding carboxylic acids is 2. The molecule has 0 aromatic heterocycles. The average Bonchev–Trinajstić information content (AvgIpc) is 2.66. The monoisotopic (exact) mass is 454 g/mol. The molecule has 0 aliphatic carbocycles. The molecular weight excluding hydrogens is 433 g/mol. The molecule has 10 heteroatoms. The van der Waals surface area contributed by atoms with Gasteiger partial charge in [0.1, 0.15) is 5.54 Å². The van der Waals surface area contributed by atoms with Crippen LogP contribution in [0.4, 0.5) is 13.2 Å². The highest BCUT2D eigenvalue weighted by molar-refractivity contribution is 7.89. The van der Waals surface area contributed by atoms with Crippen molar-refractivity contribution >= 4 is 21.8 Å². The maximum atomic E-state index is 13.1. The van der Waals surface area contributed by atoms with Crippen LogP contribution >= 0.6 is 0 Å². The summed E-state index contributed by atoms with van der Waals surface area (Å²) in [7, 11) is -4.42. The molecule has 31 heavy (non-hydrogen) atoms. The first kappa shape index (κ1) is 22.8. The average molecular weight is 454 g/mol. The van der Waals surface area contributed by atoms with E-state index in [0.717, 1.165) is 23.8 Å². The van der Waals surface area contributed by atoms with Gasteiger partial charge in [-0.15, -0.1) is 0 Å². The lowest BCUT2D eigenvalue weighted by molar-refractivity contribution is -0.156. The molecule has 2 amide bonds. The van der Waals surface area contributed by atoms with Crippen LogP contribution in [0.15, 0.2) is 54.6 Å². The van der Waals surface area contributed by atoms with E-state index in [2.05, 4.69) is 0 Å². The third kappa shape index (κ3) is 5.07. The quantitative estimate of drug-likeness (QED) is 0.728. The van der Waals surface area contributed by atoms with Crippen molar-refractivity contribution in [2.45, 2.75) is 37.2 Å². The number of halogens is 3. The van der Waals surface area contributed by atoms with Gasteiger partial charge in [-0.05, 0) is 30.5 Å². The summed E-state index contributed by atoms with van der Waals surface area (Å²) in [5.74, 6) is -2.29. The van der Waals surface area contributed by atoms with E-state index in [0.29, 0.717) is 0 Å². The Balaban J connectivity index is 1.71. The lowest BCUT2D eigenvalue weighted by Crippen LogP contribution is -2.68. The Bertz CT molecular complexity index is 1090.